The van der Waals surface area contributed by atoms with Gasteiger partial charge in [-0.1, -0.05) is 42.8 Å². The highest BCUT2D eigenvalue weighted by Crippen LogP contribution is 2.27. The summed E-state index contributed by atoms with van der Waals surface area (Å²) in [7, 11) is 0. The Morgan fingerprint density at radius 2 is 1.95 bits per heavy atom. The van der Waals surface area contributed by atoms with Crippen molar-refractivity contribution in [2.45, 2.75) is 39.7 Å². The number of nitrogens with zero attached hydrogens (tertiary/aromatic N) is 2. The van der Waals surface area contributed by atoms with Gasteiger partial charge in [0.1, 0.15) is 5.69 Å². The van der Waals surface area contributed by atoms with E-state index < -0.39 is 0 Å². The fourth-order valence-corrected chi connectivity index (χ4v) is 2.91. The summed E-state index contributed by atoms with van der Waals surface area (Å²) < 4.78 is 4.54. The minimum Gasteiger partial charge on any atom is -0.393 e. The molecule has 0 atom stereocenters. The largest absolute Gasteiger partial charge is 0.393 e. The van der Waals surface area contributed by atoms with Crippen molar-refractivity contribution in [3.8, 4) is 5.69 Å². The monoisotopic (exact) mass is 337 g/mol. The molecule has 0 amide bonds. The van der Waals surface area contributed by atoms with E-state index >= 15 is 0 Å². The van der Waals surface area contributed by atoms with Crippen molar-refractivity contribution in [2.24, 2.45) is 0 Å². The van der Waals surface area contributed by atoms with Gasteiger partial charge < -0.3 is 5.73 Å². The lowest BCUT2D eigenvalue weighted by atomic mass is 9.91. The van der Waals surface area contributed by atoms with Crippen LogP contribution in [0.15, 0.2) is 33.5 Å². The Bertz CT molecular complexity index is 692. The summed E-state index contributed by atoms with van der Waals surface area (Å²) in [6.45, 7) is 8.90. The number of rotatable bonds is 2. The summed E-state index contributed by atoms with van der Waals surface area (Å²) in [5, 5.41) is 0. The molecule has 0 bridgehead atoms. The van der Waals surface area contributed by atoms with Crippen LogP contribution in [0, 0.1) is 0 Å². The zero-order valence-electron chi connectivity index (χ0n) is 12.3. The lowest BCUT2D eigenvalue weighted by Crippen LogP contribution is -2.24. The molecule has 0 aliphatic rings. The Morgan fingerprint density at radius 3 is 2.45 bits per heavy atom. The van der Waals surface area contributed by atoms with Gasteiger partial charge in [-0.2, -0.15) is 0 Å². The van der Waals surface area contributed by atoms with Gasteiger partial charge in [0.15, 0.2) is 0 Å². The number of anilines is 1. The summed E-state index contributed by atoms with van der Waals surface area (Å²) in [6, 6.07) is 7.66. The fraction of sp³-hybridized carbons (Fsp3) is 0.400. The van der Waals surface area contributed by atoms with Crippen LogP contribution in [0.5, 0.6) is 0 Å². The molecule has 0 unspecified atom stereocenters. The Balaban J connectivity index is 2.82. The third kappa shape index (κ3) is 2.42. The molecule has 0 radical (unpaired) electrons. The van der Waals surface area contributed by atoms with Gasteiger partial charge in [0.2, 0.25) is 0 Å². The van der Waals surface area contributed by atoms with Gasteiger partial charge in [0.25, 0.3) is 5.56 Å². The van der Waals surface area contributed by atoms with Gasteiger partial charge in [0.05, 0.1) is 11.4 Å². The molecular formula is C15H20BrN3O. The highest BCUT2D eigenvalue weighted by molar-refractivity contribution is 9.10. The van der Waals surface area contributed by atoms with Crippen molar-refractivity contribution in [1.29, 1.82) is 0 Å². The molecule has 0 fully saturated rings. The van der Waals surface area contributed by atoms with Crippen LogP contribution in [-0.4, -0.2) is 9.36 Å². The number of halogens is 1. The number of aromatic nitrogens is 2. The first-order chi connectivity index (χ1) is 9.27. The van der Waals surface area contributed by atoms with Crippen molar-refractivity contribution in [1.82, 2.24) is 9.36 Å². The van der Waals surface area contributed by atoms with Crippen LogP contribution in [0.1, 0.15) is 33.4 Å². The summed E-state index contributed by atoms with van der Waals surface area (Å²) >= 11 is 3.44. The number of nitrogens with two attached hydrogens (primary N) is 1. The highest BCUT2D eigenvalue weighted by atomic mass is 79.9. The van der Waals surface area contributed by atoms with Crippen LogP contribution in [0.25, 0.3) is 5.69 Å². The zero-order valence-corrected chi connectivity index (χ0v) is 13.9. The smallest absolute Gasteiger partial charge is 0.294 e. The maximum absolute atomic E-state index is 12.5. The standard InChI is InChI=1S/C15H20BrN3O/c1-5-18-13(15(2,3)4)12(17)14(20)19(18)11-8-6-7-10(16)9-11/h6-9H,5,17H2,1-4H3. The van der Waals surface area contributed by atoms with Crippen molar-refractivity contribution in [3.05, 3.63) is 44.8 Å². The average molecular weight is 338 g/mol. The predicted octanol–water partition coefficient (Wildman–Crippen LogP) is 3.30. The average Bonchev–Trinajstić information content (AvgIpc) is 2.61. The molecule has 20 heavy (non-hydrogen) atoms. The number of hydrogen-bond acceptors (Lipinski definition) is 2. The lowest BCUT2D eigenvalue weighted by Gasteiger charge is -2.22. The van der Waals surface area contributed by atoms with Crippen LogP contribution in [0.3, 0.4) is 0 Å². The number of benzene rings is 1. The van der Waals surface area contributed by atoms with Gasteiger partial charge in [-0.05, 0) is 25.1 Å². The van der Waals surface area contributed by atoms with Gasteiger partial charge in [-0.3, -0.25) is 9.48 Å². The van der Waals surface area contributed by atoms with Crippen LogP contribution in [0.4, 0.5) is 5.69 Å². The summed E-state index contributed by atoms with van der Waals surface area (Å²) in [5.41, 5.74) is 7.76. The third-order valence-corrected chi connectivity index (χ3v) is 3.73. The Labute approximate surface area is 127 Å². The van der Waals surface area contributed by atoms with Crippen molar-refractivity contribution in [2.75, 3.05) is 5.73 Å². The van der Waals surface area contributed by atoms with E-state index in [1.54, 1.807) is 4.68 Å². The lowest BCUT2D eigenvalue weighted by molar-refractivity contribution is 0.470. The van der Waals surface area contributed by atoms with E-state index in [1.165, 1.54) is 0 Å². The quantitative estimate of drug-likeness (QED) is 0.913. The van der Waals surface area contributed by atoms with Crippen LogP contribution >= 0.6 is 15.9 Å². The minimum atomic E-state index is -0.184. The molecule has 1 aromatic heterocycles. The summed E-state index contributed by atoms with van der Waals surface area (Å²) in [4.78, 5) is 12.5. The van der Waals surface area contributed by atoms with E-state index in [0.717, 1.165) is 15.9 Å². The molecule has 1 heterocycles. The van der Waals surface area contributed by atoms with Gasteiger partial charge in [0, 0.05) is 16.4 Å². The first-order valence-corrected chi connectivity index (χ1v) is 7.44. The van der Waals surface area contributed by atoms with E-state index in [-0.39, 0.29) is 11.0 Å². The minimum absolute atomic E-state index is 0.158. The topological polar surface area (TPSA) is 52.9 Å². The van der Waals surface area contributed by atoms with Gasteiger partial charge in [-0.25, -0.2) is 4.68 Å². The molecule has 2 aromatic rings. The molecule has 2 N–H and O–H groups in total. The molecule has 0 aliphatic carbocycles. The van der Waals surface area contributed by atoms with E-state index in [2.05, 4.69) is 36.7 Å². The zero-order chi connectivity index (χ0) is 15.1. The first kappa shape index (κ1) is 14.9. The predicted molar refractivity (Wildman–Crippen MR) is 86.5 cm³/mol. The summed E-state index contributed by atoms with van der Waals surface area (Å²) in [5.74, 6) is 0. The molecule has 0 aliphatic heterocycles. The molecule has 0 saturated heterocycles. The molecule has 108 valence electrons. The highest BCUT2D eigenvalue weighted by Gasteiger charge is 2.27. The molecule has 2 rings (SSSR count). The molecule has 0 spiro atoms. The van der Waals surface area contributed by atoms with E-state index in [0.29, 0.717) is 12.2 Å². The Kier molecular flexibility index (Phi) is 3.82. The SMILES string of the molecule is CCn1c(C(C)(C)C)c(N)c(=O)n1-c1cccc(Br)c1. The van der Waals surface area contributed by atoms with Crippen LogP contribution < -0.4 is 11.3 Å². The maximum atomic E-state index is 12.5. The third-order valence-electron chi connectivity index (χ3n) is 3.24. The second-order valence-electron chi connectivity index (χ2n) is 5.82. The van der Waals surface area contributed by atoms with Crippen LogP contribution in [-0.2, 0) is 12.0 Å². The number of hydrogen-bond donors (Lipinski definition) is 1. The number of nitrogen functional groups attached to an aromatic ring is 1. The second kappa shape index (κ2) is 5.13. The second-order valence-corrected chi connectivity index (χ2v) is 6.74. The normalized spacial score (nSPS) is 11.8. The molecule has 0 saturated carbocycles. The Morgan fingerprint density at radius 1 is 1.30 bits per heavy atom. The first-order valence-electron chi connectivity index (χ1n) is 6.65. The van der Waals surface area contributed by atoms with E-state index in [4.69, 9.17) is 5.73 Å². The van der Waals surface area contributed by atoms with Gasteiger partial charge in [-0.15, -0.1) is 0 Å². The Hall–Kier alpha value is -1.49. The fourth-order valence-electron chi connectivity index (χ4n) is 2.52. The summed E-state index contributed by atoms with van der Waals surface area (Å²) in [6.07, 6.45) is 0. The van der Waals surface area contributed by atoms with Gasteiger partial charge >= 0.3 is 0 Å². The van der Waals surface area contributed by atoms with Crippen molar-refractivity contribution in [3.63, 3.8) is 0 Å². The van der Waals surface area contributed by atoms with E-state index in [1.807, 2.05) is 35.9 Å². The van der Waals surface area contributed by atoms with Crippen molar-refractivity contribution < 1.29 is 0 Å². The van der Waals surface area contributed by atoms with Crippen molar-refractivity contribution >= 4 is 21.6 Å². The molecule has 4 nitrogen and oxygen atoms in total. The molecule has 1 aromatic carbocycles. The molecular weight excluding hydrogens is 318 g/mol. The van der Waals surface area contributed by atoms with Crippen LogP contribution in [0.2, 0.25) is 0 Å². The van der Waals surface area contributed by atoms with E-state index in [9.17, 15) is 4.79 Å². The molecule has 5 heteroatoms. The maximum Gasteiger partial charge on any atom is 0.294 e.